The number of fused-ring (bicyclic) bond motifs is 3. The van der Waals surface area contributed by atoms with Gasteiger partial charge in [0.05, 0.1) is 0 Å². The van der Waals surface area contributed by atoms with E-state index >= 15 is 0 Å². The molecule has 0 heterocycles. The zero-order chi connectivity index (χ0) is 9.38. The summed E-state index contributed by atoms with van der Waals surface area (Å²) in [5.41, 5.74) is 3.35. The molecule has 0 spiro atoms. The first kappa shape index (κ1) is 8.52. The lowest BCUT2D eigenvalue weighted by molar-refractivity contribution is 0.332. The fourth-order valence-corrected chi connectivity index (χ4v) is 3.33. The Kier molecular flexibility index (Phi) is 2.08. The van der Waals surface area contributed by atoms with Crippen molar-refractivity contribution >= 4 is 0 Å². The van der Waals surface area contributed by atoms with Gasteiger partial charge in [0, 0.05) is 0 Å². The zero-order valence-corrected chi connectivity index (χ0v) is 8.71. The van der Waals surface area contributed by atoms with Crippen molar-refractivity contribution < 1.29 is 0 Å². The van der Waals surface area contributed by atoms with Crippen LogP contribution in [0.4, 0.5) is 0 Å². The summed E-state index contributed by atoms with van der Waals surface area (Å²) in [5, 5.41) is 0. The van der Waals surface area contributed by atoms with Crippen LogP contribution in [-0.4, -0.2) is 0 Å². The quantitative estimate of drug-likeness (QED) is 0.536. The van der Waals surface area contributed by atoms with Crippen LogP contribution in [0.1, 0.15) is 38.5 Å². The van der Waals surface area contributed by atoms with Crippen molar-refractivity contribution in [1.29, 1.82) is 0 Å². The maximum Gasteiger partial charge on any atom is -0.00934 e. The van der Waals surface area contributed by atoms with E-state index in [1.807, 2.05) is 0 Å². The highest BCUT2D eigenvalue weighted by Gasteiger charge is 2.31. The van der Waals surface area contributed by atoms with Crippen LogP contribution in [0.3, 0.4) is 0 Å². The van der Waals surface area contributed by atoms with Crippen LogP contribution in [0.25, 0.3) is 0 Å². The van der Waals surface area contributed by atoms with Crippen molar-refractivity contribution in [3.63, 3.8) is 0 Å². The van der Waals surface area contributed by atoms with Crippen LogP contribution in [0.2, 0.25) is 0 Å². The van der Waals surface area contributed by atoms with Gasteiger partial charge in [-0.2, -0.15) is 0 Å². The van der Waals surface area contributed by atoms with E-state index in [1.165, 1.54) is 38.5 Å². The first-order chi connectivity index (χ1) is 6.95. The molecule has 0 saturated heterocycles. The maximum atomic E-state index is 2.41. The second-order valence-electron chi connectivity index (χ2n) is 4.85. The molecule has 1 fully saturated rings. The largest absolute Gasteiger partial charge is 0.0842 e. The highest BCUT2D eigenvalue weighted by Crippen LogP contribution is 2.44. The van der Waals surface area contributed by atoms with Gasteiger partial charge in [0.2, 0.25) is 0 Å². The minimum atomic E-state index is 0.875. The van der Waals surface area contributed by atoms with Gasteiger partial charge in [0.1, 0.15) is 0 Å². The van der Waals surface area contributed by atoms with Crippen LogP contribution >= 0.6 is 0 Å². The van der Waals surface area contributed by atoms with Crippen molar-refractivity contribution in [3.05, 3.63) is 35.5 Å². The average molecular weight is 186 g/mol. The zero-order valence-electron chi connectivity index (χ0n) is 8.71. The molecule has 0 aromatic carbocycles. The van der Waals surface area contributed by atoms with Crippen molar-refractivity contribution in [2.24, 2.45) is 11.8 Å². The van der Waals surface area contributed by atoms with Crippen LogP contribution < -0.4 is 0 Å². The maximum absolute atomic E-state index is 2.41. The van der Waals surface area contributed by atoms with Crippen molar-refractivity contribution in [1.82, 2.24) is 0 Å². The van der Waals surface area contributed by atoms with E-state index < -0.39 is 0 Å². The van der Waals surface area contributed by atoms with Crippen LogP contribution in [0.5, 0.6) is 0 Å². The first-order valence-electron chi connectivity index (χ1n) is 6.02. The molecule has 0 nitrogen and oxygen atoms in total. The SMILES string of the molecule is C1=CC2=CC=C3CCCC[C@@H]3[C@H]2CC1. The fourth-order valence-electron chi connectivity index (χ4n) is 3.33. The Balaban J connectivity index is 1.95. The molecule has 0 heteroatoms. The van der Waals surface area contributed by atoms with Gasteiger partial charge in [0.15, 0.2) is 0 Å². The third kappa shape index (κ3) is 1.28. The van der Waals surface area contributed by atoms with Gasteiger partial charge >= 0.3 is 0 Å². The molecule has 0 bridgehead atoms. The Labute approximate surface area is 86.4 Å². The van der Waals surface area contributed by atoms with Crippen molar-refractivity contribution in [2.75, 3.05) is 0 Å². The summed E-state index contributed by atoms with van der Waals surface area (Å²) in [7, 11) is 0. The Morgan fingerprint density at radius 2 is 2.00 bits per heavy atom. The van der Waals surface area contributed by atoms with Gasteiger partial charge in [-0.1, -0.05) is 36.3 Å². The molecule has 3 aliphatic rings. The molecule has 0 aromatic heterocycles. The molecule has 0 amide bonds. The topological polar surface area (TPSA) is 0 Å². The third-order valence-electron chi connectivity index (χ3n) is 4.07. The summed E-state index contributed by atoms with van der Waals surface area (Å²) in [6.07, 6.45) is 17.9. The summed E-state index contributed by atoms with van der Waals surface area (Å²) >= 11 is 0. The first-order valence-corrected chi connectivity index (χ1v) is 6.02. The van der Waals surface area contributed by atoms with Gasteiger partial charge in [0.25, 0.3) is 0 Å². The normalized spacial score (nSPS) is 35.4. The summed E-state index contributed by atoms with van der Waals surface area (Å²) < 4.78 is 0. The van der Waals surface area contributed by atoms with Gasteiger partial charge in [-0.25, -0.2) is 0 Å². The third-order valence-corrected chi connectivity index (χ3v) is 4.07. The molecule has 0 unspecified atom stereocenters. The van der Waals surface area contributed by atoms with E-state index in [1.54, 1.807) is 11.1 Å². The van der Waals surface area contributed by atoms with Gasteiger partial charge in [-0.3, -0.25) is 0 Å². The smallest absolute Gasteiger partial charge is 0.00934 e. The Morgan fingerprint density at radius 1 is 1.00 bits per heavy atom. The van der Waals surface area contributed by atoms with Crippen LogP contribution in [-0.2, 0) is 0 Å². The molecule has 0 N–H and O–H groups in total. The molecule has 74 valence electrons. The monoisotopic (exact) mass is 186 g/mol. The number of allylic oxidation sites excluding steroid dienone is 6. The van der Waals surface area contributed by atoms with E-state index in [4.69, 9.17) is 0 Å². The van der Waals surface area contributed by atoms with Crippen molar-refractivity contribution in [3.8, 4) is 0 Å². The summed E-state index contributed by atoms with van der Waals surface area (Å²) in [5.74, 6) is 1.79. The van der Waals surface area contributed by atoms with E-state index in [9.17, 15) is 0 Å². The van der Waals surface area contributed by atoms with Gasteiger partial charge in [-0.05, 0) is 49.5 Å². The second kappa shape index (κ2) is 3.42. The van der Waals surface area contributed by atoms with Gasteiger partial charge < -0.3 is 0 Å². The molecular weight excluding hydrogens is 168 g/mol. The lowest BCUT2D eigenvalue weighted by Crippen LogP contribution is -2.25. The Bertz CT molecular complexity index is 317. The molecule has 3 aliphatic carbocycles. The number of hydrogen-bond donors (Lipinski definition) is 0. The lowest BCUT2D eigenvalue weighted by atomic mass is 9.68. The predicted octanol–water partition coefficient (Wildman–Crippen LogP) is 4.01. The summed E-state index contributed by atoms with van der Waals surface area (Å²) in [4.78, 5) is 0. The highest BCUT2D eigenvalue weighted by atomic mass is 14.4. The Hall–Kier alpha value is -0.780. The van der Waals surface area contributed by atoms with E-state index in [-0.39, 0.29) is 0 Å². The van der Waals surface area contributed by atoms with Crippen LogP contribution in [0.15, 0.2) is 35.5 Å². The van der Waals surface area contributed by atoms with E-state index in [0.717, 1.165) is 11.8 Å². The molecule has 2 atom stereocenters. The standard InChI is InChI=1S/C14H18/c1-3-7-13-11(5-1)9-10-12-6-2-4-8-14(12)13/h1,5,9-10,13-14H,2-4,6-8H2/t13-,14-/m0/s1. The molecular formula is C14H18. The molecule has 3 rings (SSSR count). The molecule has 0 radical (unpaired) electrons. The molecule has 1 saturated carbocycles. The second-order valence-corrected chi connectivity index (χ2v) is 4.85. The summed E-state index contributed by atoms with van der Waals surface area (Å²) in [6, 6.07) is 0. The summed E-state index contributed by atoms with van der Waals surface area (Å²) in [6.45, 7) is 0. The molecule has 14 heavy (non-hydrogen) atoms. The van der Waals surface area contributed by atoms with Crippen LogP contribution in [0, 0.1) is 11.8 Å². The molecule has 0 aliphatic heterocycles. The minimum absolute atomic E-state index is 0.875. The van der Waals surface area contributed by atoms with E-state index in [2.05, 4.69) is 24.3 Å². The average Bonchev–Trinajstić information content (AvgIpc) is 2.29. The Morgan fingerprint density at radius 3 is 3.00 bits per heavy atom. The number of rotatable bonds is 0. The molecule has 0 aromatic rings. The van der Waals surface area contributed by atoms with Gasteiger partial charge in [-0.15, -0.1) is 0 Å². The van der Waals surface area contributed by atoms with E-state index in [0.29, 0.717) is 0 Å². The lowest BCUT2D eigenvalue weighted by Gasteiger charge is -2.37. The fraction of sp³-hybridized carbons (Fsp3) is 0.571. The minimum Gasteiger partial charge on any atom is -0.0842 e. The predicted molar refractivity (Wildman–Crippen MR) is 60.0 cm³/mol. The van der Waals surface area contributed by atoms with Crippen molar-refractivity contribution in [2.45, 2.75) is 38.5 Å². The number of hydrogen-bond acceptors (Lipinski definition) is 0. The highest BCUT2D eigenvalue weighted by molar-refractivity contribution is 5.37.